The summed E-state index contributed by atoms with van der Waals surface area (Å²) >= 11 is 1.71. The van der Waals surface area contributed by atoms with Crippen LogP contribution >= 0.6 is 11.3 Å². The van der Waals surface area contributed by atoms with Crippen LogP contribution < -0.4 is 5.73 Å². The minimum Gasteiger partial charge on any atom is -0.326 e. The van der Waals surface area contributed by atoms with Crippen molar-refractivity contribution in [3.05, 3.63) is 39.4 Å². The summed E-state index contributed by atoms with van der Waals surface area (Å²) in [7, 11) is 0. The molecule has 1 aromatic carbocycles. The van der Waals surface area contributed by atoms with Gasteiger partial charge in [-0.15, -0.1) is 11.3 Å². The van der Waals surface area contributed by atoms with Crippen LogP contribution in [0.4, 0.5) is 0 Å². The molecule has 2 N–H and O–H groups in total. The maximum Gasteiger partial charge on any atom is 0.124 e. The zero-order valence-electron chi connectivity index (χ0n) is 10.8. The standard InChI is InChI=1S/C14H18N2S/c1-8-5-9(2)13(10(3)6-8)14-16-11(4)12(7-15)17-14/h5-6H,7,15H2,1-4H3. The van der Waals surface area contributed by atoms with Crippen LogP contribution in [0.3, 0.4) is 0 Å². The molecule has 17 heavy (non-hydrogen) atoms. The first kappa shape index (κ1) is 12.3. The van der Waals surface area contributed by atoms with E-state index in [9.17, 15) is 0 Å². The number of aromatic nitrogens is 1. The normalized spacial score (nSPS) is 10.9. The molecule has 0 bridgehead atoms. The largest absolute Gasteiger partial charge is 0.326 e. The van der Waals surface area contributed by atoms with Crippen LogP contribution in [0.2, 0.25) is 0 Å². The lowest BCUT2D eigenvalue weighted by molar-refractivity contribution is 1.06. The predicted molar refractivity (Wildman–Crippen MR) is 74.4 cm³/mol. The van der Waals surface area contributed by atoms with E-state index in [-0.39, 0.29) is 0 Å². The van der Waals surface area contributed by atoms with Crippen molar-refractivity contribution < 1.29 is 0 Å². The van der Waals surface area contributed by atoms with Crippen LogP contribution in [-0.2, 0) is 6.54 Å². The fourth-order valence-electron chi connectivity index (χ4n) is 2.24. The van der Waals surface area contributed by atoms with Gasteiger partial charge in [0.25, 0.3) is 0 Å². The summed E-state index contributed by atoms with van der Waals surface area (Å²) in [6.07, 6.45) is 0. The molecule has 1 aromatic heterocycles. The number of rotatable bonds is 2. The molecule has 0 saturated heterocycles. The van der Waals surface area contributed by atoms with Gasteiger partial charge in [0.05, 0.1) is 5.69 Å². The van der Waals surface area contributed by atoms with E-state index in [1.54, 1.807) is 11.3 Å². The second-order valence-corrected chi connectivity index (χ2v) is 5.59. The lowest BCUT2D eigenvalue weighted by Crippen LogP contribution is -1.94. The molecule has 2 nitrogen and oxygen atoms in total. The van der Waals surface area contributed by atoms with Crippen molar-refractivity contribution in [1.82, 2.24) is 4.98 Å². The van der Waals surface area contributed by atoms with Gasteiger partial charge in [0.1, 0.15) is 5.01 Å². The molecule has 0 saturated carbocycles. The molecular weight excluding hydrogens is 228 g/mol. The van der Waals surface area contributed by atoms with Crippen LogP contribution in [0.1, 0.15) is 27.3 Å². The molecule has 0 radical (unpaired) electrons. The molecule has 2 aromatic rings. The predicted octanol–water partition coefficient (Wildman–Crippen LogP) is 3.50. The van der Waals surface area contributed by atoms with E-state index in [1.165, 1.54) is 27.1 Å². The van der Waals surface area contributed by atoms with Gasteiger partial charge in [-0.3, -0.25) is 0 Å². The van der Waals surface area contributed by atoms with Gasteiger partial charge in [0, 0.05) is 17.0 Å². The molecule has 0 aliphatic rings. The van der Waals surface area contributed by atoms with E-state index in [4.69, 9.17) is 5.73 Å². The number of benzene rings is 1. The van der Waals surface area contributed by atoms with Crippen LogP contribution in [0.25, 0.3) is 10.6 Å². The summed E-state index contributed by atoms with van der Waals surface area (Å²) in [5.41, 5.74) is 11.9. The van der Waals surface area contributed by atoms with E-state index >= 15 is 0 Å². The summed E-state index contributed by atoms with van der Waals surface area (Å²) in [6.45, 7) is 9.03. The van der Waals surface area contributed by atoms with E-state index < -0.39 is 0 Å². The lowest BCUT2D eigenvalue weighted by Gasteiger charge is -2.08. The molecule has 0 aliphatic carbocycles. The fourth-order valence-corrected chi connectivity index (χ4v) is 3.36. The van der Waals surface area contributed by atoms with Crippen LogP contribution in [0.15, 0.2) is 12.1 Å². The first-order valence-corrected chi connectivity index (χ1v) is 6.59. The minimum atomic E-state index is 0.577. The molecule has 1 heterocycles. The Morgan fingerprint density at radius 2 is 1.71 bits per heavy atom. The van der Waals surface area contributed by atoms with E-state index in [1.807, 2.05) is 6.92 Å². The van der Waals surface area contributed by atoms with E-state index in [0.29, 0.717) is 6.54 Å². The molecule has 0 spiro atoms. The minimum absolute atomic E-state index is 0.577. The van der Waals surface area contributed by atoms with Gasteiger partial charge in [-0.2, -0.15) is 0 Å². The average molecular weight is 246 g/mol. The van der Waals surface area contributed by atoms with Crippen LogP contribution in [0.5, 0.6) is 0 Å². The highest BCUT2D eigenvalue weighted by Gasteiger charge is 2.12. The Morgan fingerprint density at radius 3 is 2.18 bits per heavy atom. The molecule has 0 fully saturated rings. The van der Waals surface area contributed by atoms with Crippen molar-refractivity contribution in [3.63, 3.8) is 0 Å². The molecule has 0 amide bonds. The Labute approximate surface area is 107 Å². The third-order valence-electron chi connectivity index (χ3n) is 2.97. The van der Waals surface area contributed by atoms with E-state index in [0.717, 1.165) is 10.7 Å². The van der Waals surface area contributed by atoms with Crippen LogP contribution in [0, 0.1) is 27.7 Å². The zero-order chi connectivity index (χ0) is 12.6. The van der Waals surface area contributed by atoms with Gasteiger partial charge >= 0.3 is 0 Å². The number of aryl methyl sites for hydroxylation is 4. The topological polar surface area (TPSA) is 38.9 Å². The number of hydrogen-bond acceptors (Lipinski definition) is 3. The van der Waals surface area contributed by atoms with Gasteiger partial charge in [0.15, 0.2) is 0 Å². The Hall–Kier alpha value is -1.19. The molecular formula is C14H18N2S. The maximum atomic E-state index is 5.71. The highest BCUT2D eigenvalue weighted by molar-refractivity contribution is 7.15. The molecule has 0 aliphatic heterocycles. The molecule has 3 heteroatoms. The van der Waals surface area contributed by atoms with Crippen molar-refractivity contribution in [1.29, 1.82) is 0 Å². The van der Waals surface area contributed by atoms with E-state index in [2.05, 4.69) is 37.9 Å². The van der Waals surface area contributed by atoms with Gasteiger partial charge in [-0.1, -0.05) is 17.7 Å². The Morgan fingerprint density at radius 1 is 1.12 bits per heavy atom. The van der Waals surface area contributed by atoms with Crippen LogP contribution in [-0.4, -0.2) is 4.98 Å². The van der Waals surface area contributed by atoms with Crippen molar-refractivity contribution in [3.8, 4) is 10.6 Å². The van der Waals surface area contributed by atoms with Crippen molar-refractivity contribution in [2.45, 2.75) is 34.2 Å². The summed E-state index contributed by atoms with van der Waals surface area (Å²) in [5, 5.41) is 1.10. The molecule has 2 rings (SSSR count). The van der Waals surface area contributed by atoms with Gasteiger partial charge < -0.3 is 5.73 Å². The van der Waals surface area contributed by atoms with Crippen molar-refractivity contribution in [2.75, 3.05) is 0 Å². The second kappa shape index (κ2) is 4.59. The van der Waals surface area contributed by atoms with Crippen molar-refractivity contribution >= 4 is 11.3 Å². The monoisotopic (exact) mass is 246 g/mol. The Balaban J connectivity index is 2.60. The number of nitrogens with two attached hydrogens (primary N) is 1. The highest BCUT2D eigenvalue weighted by Crippen LogP contribution is 2.33. The number of hydrogen-bond donors (Lipinski definition) is 1. The number of nitrogens with zero attached hydrogens (tertiary/aromatic N) is 1. The van der Waals surface area contributed by atoms with Gasteiger partial charge in [-0.05, 0) is 38.8 Å². The quantitative estimate of drug-likeness (QED) is 0.880. The summed E-state index contributed by atoms with van der Waals surface area (Å²) in [6, 6.07) is 4.42. The second-order valence-electron chi connectivity index (χ2n) is 4.51. The maximum absolute atomic E-state index is 5.71. The molecule has 0 atom stereocenters. The Kier molecular flexibility index (Phi) is 3.31. The summed E-state index contributed by atoms with van der Waals surface area (Å²) in [5.74, 6) is 0. The fraction of sp³-hybridized carbons (Fsp3) is 0.357. The third kappa shape index (κ3) is 2.26. The summed E-state index contributed by atoms with van der Waals surface area (Å²) in [4.78, 5) is 5.82. The van der Waals surface area contributed by atoms with Crippen molar-refractivity contribution in [2.24, 2.45) is 5.73 Å². The molecule has 0 unspecified atom stereocenters. The highest BCUT2D eigenvalue weighted by atomic mass is 32.1. The van der Waals surface area contributed by atoms with Gasteiger partial charge in [-0.25, -0.2) is 4.98 Å². The number of thiazole rings is 1. The SMILES string of the molecule is Cc1cc(C)c(-c2nc(C)c(CN)s2)c(C)c1. The first-order chi connectivity index (χ1) is 8.02. The van der Waals surface area contributed by atoms with Gasteiger partial charge in [0.2, 0.25) is 0 Å². The third-order valence-corrected chi connectivity index (χ3v) is 4.17. The zero-order valence-corrected chi connectivity index (χ0v) is 11.6. The summed E-state index contributed by atoms with van der Waals surface area (Å²) < 4.78 is 0. The smallest absolute Gasteiger partial charge is 0.124 e. The molecule has 90 valence electrons. The lowest BCUT2D eigenvalue weighted by atomic mass is 10.0. The average Bonchev–Trinajstić information content (AvgIpc) is 2.57. The first-order valence-electron chi connectivity index (χ1n) is 5.77. The Bertz CT molecular complexity index is 532.